The van der Waals surface area contributed by atoms with Crippen molar-refractivity contribution in [2.24, 2.45) is 0 Å². The molecule has 0 heterocycles. The number of amides is 1. The fourth-order valence-corrected chi connectivity index (χ4v) is 5.31. The van der Waals surface area contributed by atoms with E-state index in [0.29, 0.717) is 58.7 Å². The maximum absolute atomic E-state index is 11.7. The van der Waals surface area contributed by atoms with Gasteiger partial charge in [-0.05, 0) is 33.6 Å². The topological polar surface area (TPSA) is 84.5 Å². The molecule has 0 atom stereocenters. The van der Waals surface area contributed by atoms with E-state index in [2.05, 4.69) is 12.2 Å². The Morgan fingerprint density at radius 2 is 1.31 bits per heavy atom. The van der Waals surface area contributed by atoms with Crippen LogP contribution in [0.3, 0.4) is 0 Å². The Bertz CT molecular complexity index is 358. The van der Waals surface area contributed by atoms with E-state index in [9.17, 15) is 4.79 Å². The molecule has 0 aliphatic heterocycles. The smallest absolute Gasteiger partial charge is 0.447 e. The summed E-state index contributed by atoms with van der Waals surface area (Å²) in [6.07, 6.45) is 5.05. The molecular weight excluding hydrogens is 394 g/mol. The van der Waals surface area contributed by atoms with Gasteiger partial charge < -0.3 is 32.8 Å². The van der Waals surface area contributed by atoms with Crippen molar-refractivity contribution in [3.05, 3.63) is 0 Å². The number of unbranched alkanes of at least 4 members (excludes halogenated alkanes) is 3. The van der Waals surface area contributed by atoms with E-state index in [1.807, 2.05) is 20.8 Å². The first-order valence-corrected chi connectivity index (χ1v) is 13.0. The van der Waals surface area contributed by atoms with E-state index in [1.54, 1.807) is 0 Å². The van der Waals surface area contributed by atoms with Crippen LogP contribution in [0.15, 0.2) is 0 Å². The summed E-state index contributed by atoms with van der Waals surface area (Å²) in [6, 6.07) is 0.657. The van der Waals surface area contributed by atoms with Gasteiger partial charge in [-0.15, -0.1) is 0 Å². The molecule has 0 saturated carbocycles. The average molecular weight is 438 g/mol. The van der Waals surface area contributed by atoms with Gasteiger partial charge in [-0.25, -0.2) is 4.79 Å². The molecule has 1 amide bonds. The molecule has 0 unspecified atom stereocenters. The van der Waals surface area contributed by atoms with E-state index < -0.39 is 14.9 Å². The van der Waals surface area contributed by atoms with Crippen LogP contribution in [0.5, 0.6) is 0 Å². The second-order valence-electron chi connectivity index (χ2n) is 6.43. The van der Waals surface area contributed by atoms with Crippen LogP contribution in [0.25, 0.3) is 0 Å². The average Bonchev–Trinajstić information content (AvgIpc) is 2.70. The third-order valence-corrected chi connectivity index (χ3v) is 7.15. The van der Waals surface area contributed by atoms with Crippen LogP contribution in [0.4, 0.5) is 4.79 Å². The molecule has 174 valence electrons. The highest BCUT2D eigenvalue weighted by molar-refractivity contribution is 6.60. The standard InChI is InChI=1S/C20H43NO7Si/c1-5-9-10-11-14-23-15-16-24-17-18-25-20(22)21-13-12-19-29(26-6-2,27-7-3)28-8-4/h5-19H2,1-4H3,(H,21,22). The van der Waals surface area contributed by atoms with E-state index in [1.165, 1.54) is 19.3 Å². The molecule has 1 N–H and O–H groups in total. The van der Waals surface area contributed by atoms with Crippen molar-refractivity contribution in [2.75, 3.05) is 59.4 Å². The van der Waals surface area contributed by atoms with Gasteiger partial charge in [0.15, 0.2) is 0 Å². The Morgan fingerprint density at radius 1 is 0.724 bits per heavy atom. The van der Waals surface area contributed by atoms with Gasteiger partial charge in [0, 0.05) is 39.0 Å². The predicted octanol–water partition coefficient (Wildman–Crippen LogP) is 3.76. The minimum atomic E-state index is -2.65. The summed E-state index contributed by atoms with van der Waals surface area (Å²) in [6.45, 7) is 12.5. The first-order chi connectivity index (χ1) is 14.1. The number of hydrogen-bond acceptors (Lipinski definition) is 7. The Balaban J connectivity index is 3.66. The predicted molar refractivity (Wildman–Crippen MR) is 115 cm³/mol. The lowest BCUT2D eigenvalue weighted by Crippen LogP contribution is -2.46. The Labute approximate surface area is 178 Å². The van der Waals surface area contributed by atoms with Crippen molar-refractivity contribution in [2.45, 2.75) is 65.8 Å². The molecule has 0 bridgehead atoms. The molecule has 0 aromatic carbocycles. The van der Waals surface area contributed by atoms with Gasteiger partial charge >= 0.3 is 14.9 Å². The maximum atomic E-state index is 11.7. The van der Waals surface area contributed by atoms with Crippen molar-refractivity contribution < 1.29 is 32.3 Å². The first kappa shape index (κ1) is 28.3. The van der Waals surface area contributed by atoms with Gasteiger partial charge in [0.05, 0.1) is 19.8 Å². The van der Waals surface area contributed by atoms with Gasteiger partial charge in [0.25, 0.3) is 0 Å². The fourth-order valence-electron chi connectivity index (χ4n) is 2.69. The number of ether oxygens (including phenoxy) is 3. The number of rotatable bonds is 21. The summed E-state index contributed by atoms with van der Waals surface area (Å²) in [7, 11) is -2.65. The van der Waals surface area contributed by atoms with E-state index in [0.717, 1.165) is 13.0 Å². The molecule has 0 radical (unpaired) electrons. The van der Waals surface area contributed by atoms with E-state index >= 15 is 0 Å². The van der Waals surface area contributed by atoms with Crippen molar-refractivity contribution >= 4 is 14.9 Å². The molecule has 0 spiro atoms. The molecule has 8 nitrogen and oxygen atoms in total. The van der Waals surface area contributed by atoms with Crippen LogP contribution in [0, 0.1) is 0 Å². The summed E-state index contributed by atoms with van der Waals surface area (Å²) in [4.78, 5) is 11.7. The van der Waals surface area contributed by atoms with Crippen LogP contribution in [-0.2, 0) is 27.5 Å². The lowest BCUT2D eigenvalue weighted by molar-refractivity contribution is 0.0272. The Kier molecular flexibility index (Phi) is 20.0. The number of carbonyl (C=O) groups is 1. The fraction of sp³-hybridized carbons (Fsp3) is 0.950. The molecule has 0 saturated heterocycles. The molecule has 0 aromatic rings. The minimum absolute atomic E-state index is 0.220. The van der Waals surface area contributed by atoms with Gasteiger partial charge in [0.1, 0.15) is 6.61 Å². The molecular formula is C20H43NO7Si. The molecule has 0 fully saturated rings. The lowest BCUT2D eigenvalue weighted by atomic mass is 10.2. The molecule has 0 rings (SSSR count). The molecule has 0 aliphatic carbocycles. The third-order valence-electron chi connectivity index (χ3n) is 4.00. The molecule has 0 aliphatic rings. The van der Waals surface area contributed by atoms with Crippen LogP contribution in [0.1, 0.15) is 59.8 Å². The SMILES string of the molecule is CCCCCCOCCOCCOC(=O)NCCC[Si](OCC)(OCC)OCC. The van der Waals surface area contributed by atoms with Crippen molar-refractivity contribution in [1.29, 1.82) is 0 Å². The van der Waals surface area contributed by atoms with Gasteiger partial charge in [-0.3, -0.25) is 0 Å². The Morgan fingerprint density at radius 3 is 1.90 bits per heavy atom. The van der Waals surface area contributed by atoms with Crippen LogP contribution < -0.4 is 5.32 Å². The van der Waals surface area contributed by atoms with Crippen molar-refractivity contribution in [1.82, 2.24) is 5.32 Å². The summed E-state index contributed by atoms with van der Waals surface area (Å²) in [5.41, 5.74) is 0. The number of alkyl carbamates (subject to hydrolysis) is 1. The highest BCUT2D eigenvalue weighted by Gasteiger charge is 2.39. The van der Waals surface area contributed by atoms with Crippen LogP contribution in [0.2, 0.25) is 6.04 Å². The zero-order chi connectivity index (χ0) is 21.6. The van der Waals surface area contributed by atoms with Crippen LogP contribution in [-0.4, -0.2) is 74.3 Å². The highest BCUT2D eigenvalue weighted by Crippen LogP contribution is 2.17. The zero-order valence-electron chi connectivity index (χ0n) is 19.0. The van der Waals surface area contributed by atoms with E-state index in [4.69, 9.17) is 27.5 Å². The largest absolute Gasteiger partial charge is 0.500 e. The van der Waals surface area contributed by atoms with Gasteiger partial charge in [-0.2, -0.15) is 0 Å². The van der Waals surface area contributed by atoms with Gasteiger partial charge in [0.2, 0.25) is 0 Å². The monoisotopic (exact) mass is 437 g/mol. The molecule has 0 aromatic heterocycles. The van der Waals surface area contributed by atoms with Crippen molar-refractivity contribution in [3.8, 4) is 0 Å². The van der Waals surface area contributed by atoms with E-state index in [-0.39, 0.29) is 6.61 Å². The zero-order valence-corrected chi connectivity index (χ0v) is 20.0. The molecule has 29 heavy (non-hydrogen) atoms. The minimum Gasteiger partial charge on any atom is -0.447 e. The second kappa shape index (κ2) is 20.6. The normalized spacial score (nSPS) is 11.6. The second-order valence-corrected chi connectivity index (χ2v) is 9.17. The Hall–Kier alpha value is -0.713. The van der Waals surface area contributed by atoms with Crippen LogP contribution >= 0.6 is 0 Å². The maximum Gasteiger partial charge on any atom is 0.500 e. The number of carbonyl (C=O) groups excluding carboxylic acids is 1. The summed E-state index contributed by atoms with van der Waals surface area (Å²) < 4.78 is 33.3. The summed E-state index contributed by atoms with van der Waals surface area (Å²) >= 11 is 0. The highest BCUT2D eigenvalue weighted by atomic mass is 28.4. The summed E-state index contributed by atoms with van der Waals surface area (Å²) in [5, 5.41) is 2.73. The number of hydrogen-bond donors (Lipinski definition) is 1. The lowest BCUT2D eigenvalue weighted by Gasteiger charge is -2.28. The summed E-state index contributed by atoms with van der Waals surface area (Å²) in [5.74, 6) is 0. The van der Waals surface area contributed by atoms with Crippen molar-refractivity contribution in [3.63, 3.8) is 0 Å². The first-order valence-electron chi connectivity index (χ1n) is 11.1. The third kappa shape index (κ3) is 16.7. The molecule has 9 heteroatoms. The van der Waals surface area contributed by atoms with Gasteiger partial charge in [-0.1, -0.05) is 26.2 Å². The number of nitrogens with one attached hydrogen (secondary N) is 1. The quantitative estimate of drug-likeness (QED) is 0.216.